The highest BCUT2D eigenvalue weighted by molar-refractivity contribution is 6.10. The van der Waals surface area contributed by atoms with Crippen molar-refractivity contribution in [2.24, 2.45) is 0 Å². The van der Waals surface area contributed by atoms with E-state index < -0.39 is 5.97 Å². The van der Waals surface area contributed by atoms with Crippen LogP contribution in [-0.4, -0.2) is 17.0 Å². The zero-order chi connectivity index (χ0) is 19.5. The van der Waals surface area contributed by atoms with E-state index in [0.717, 1.165) is 30.0 Å². The van der Waals surface area contributed by atoms with Crippen LogP contribution in [0.15, 0.2) is 36.4 Å². The summed E-state index contributed by atoms with van der Waals surface area (Å²) in [6, 6.07) is 10.8. The molecule has 2 N–H and O–H groups in total. The van der Waals surface area contributed by atoms with Crippen molar-refractivity contribution in [2.75, 3.05) is 5.32 Å². The summed E-state index contributed by atoms with van der Waals surface area (Å²) in [4.78, 5) is 23.9. The van der Waals surface area contributed by atoms with E-state index in [-0.39, 0.29) is 11.5 Å². The topological polar surface area (TPSA) is 66.4 Å². The van der Waals surface area contributed by atoms with Crippen LogP contribution in [0.25, 0.3) is 10.8 Å². The van der Waals surface area contributed by atoms with Crippen molar-refractivity contribution in [1.29, 1.82) is 0 Å². The average Bonchev–Trinajstić information content (AvgIpc) is 2.66. The molecule has 0 heterocycles. The van der Waals surface area contributed by atoms with Crippen LogP contribution in [0, 0.1) is 0 Å². The summed E-state index contributed by atoms with van der Waals surface area (Å²) in [6.45, 7) is 2.22. The van der Waals surface area contributed by atoms with E-state index in [1.54, 1.807) is 12.1 Å². The van der Waals surface area contributed by atoms with Crippen LogP contribution in [0.2, 0.25) is 0 Å². The largest absolute Gasteiger partial charge is 0.478 e. The number of anilines is 1. The van der Waals surface area contributed by atoms with Gasteiger partial charge < -0.3 is 10.4 Å². The quantitative estimate of drug-likeness (QED) is 0.426. The van der Waals surface area contributed by atoms with Gasteiger partial charge in [0, 0.05) is 11.8 Å². The molecule has 0 radical (unpaired) electrons. The van der Waals surface area contributed by atoms with Crippen molar-refractivity contribution in [3.05, 3.63) is 42.0 Å². The molecule has 0 bridgehead atoms. The van der Waals surface area contributed by atoms with Crippen molar-refractivity contribution in [1.82, 2.24) is 0 Å². The molecule has 0 aliphatic rings. The number of rotatable bonds is 12. The molecule has 0 fully saturated rings. The number of unbranched alkanes of at least 4 members (excludes halogenated alkanes) is 8. The van der Waals surface area contributed by atoms with Crippen molar-refractivity contribution < 1.29 is 14.7 Å². The van der Waals surface area contributed by atoms with Gasteiger partial charge in [-0.05, 0) is 17.9 Å². The van der Waals surface area contributed by atoms with E-state index in [1.165, 1.54) is 38.5 Å². The minimum Gasteiger partial charge on any atom is -0.478 e. The lowest BCUT2D eigenvalue weighted by Gasteiger charge is -2.12. The molecule has 0 aliphatic heterocycles. The van der Waals surface area contributed by atoms with Crippen LogP contribution in [0.5, 0.6) is 0 Å². The summed E-state index contributed by atoms with van der Waals surface area (Å²) in [5.41, 5.74) is 0.538. The number of carbonyl (C=O) groups excluding carboxylic acids is 1. The second-order valence-electron chi connectivity index (χ2n) is 7.14. The van der Waals surface area contributed by atoms with Crippen molar-refractivity contribution >= 4 is 28.3 Å². The molecule has 2 aromatic carbocycles. The maximum Gasteiger partial charge on any atom is 0.337 e. The normalized spacial score (nSPS) is 10.9. The number of hydrogen-bond acceptors (Lipinski definition) is 2. The van der Waals surface area contributed by atoms with Gasteiger partial charge in [0.25, 0.3) is 0 Å². The number of carboxylic acids is 1. The zero-order valence-electron chi connectivity index (χ0n) is 16.3. The number of aromatic carboxylic acids is 1. The van der Waals surface area contributed by atoms with Crippen LogP contribution in [0.4, 0.5) is 5.69 Å². The third kappa shape index (κ3) is 6.70. The van der Waals surface area contributed by atoms with Crippen LogP contribution in [-0.2, 0) is 4.79 Å². The van der Waals surface area contributed by atoms with E-state index in [1.807, 2.05) is 24.3 Å². The fourth-order valence-electron chi connectivity index (χ4n) is 3.38. The molecule has 4 nitrogen and oxygen atoms in total. The summed E-state index contributed by atoms with van der Waals surface area (Å²) in [6.07, 6.45) is 11.2. The molecule has 2 aromatic rings. The van der Waals surface area contributed by atoms with Gasteiger partial charge in [0.1, 0.15) is 0 Å². The monoisotopic (exact) mass is 369 g/mol. The van der Waals surface area contributed by atoms with Crippen LogP contribution in [0.3, 0.4) is 0 Å². The third-order valence-corrected chi connectivity index (χ3v) is 4.93. The number of carbonyl (C=O) groups is 2. The first-order valence-electron chi connectivity index (χ1n) is 10.2. The molecule has 0 atom stereocenters. The number of nitrogens with one attached hydrogen (secondary N) is 1. The second kappa shape index (κ2) is 11.4. The Morgan fingerprint density at radius 3 is 2.15 bits per heavy atom. The van der Waals surface area contributed by atoms with E-state index >= 15 is 0 Å². The maximum atomic E-state index is 12.3. The minimum atomic E-state index is -1.03. The van der Waals surface area contributed by atoms with Gasteiger partial charge in [-0.1, -0.05) is 88.6 Å². The number of benzene rings is 2. The number of hydrogen-bond donors (Lipinski definition) is 2. The van der Waals surface area contributed by atoms with E-state index in [9.17, 15) is 14.7 Å². The molecular weight excluding hydrogens is 338 g/mol. The highest BCUT2D eigenvalue weighted by atomic mass is 16.4. The van der Waals surface area contributed by atoms with Gasteiger partial charge in [-0.25, -0.2) is 4.79 Å². The standard InChI is InChI=1S/C23H31NO3/c1-2-3-4-5-6-7-8-9-10-15-21(25)24-22-19-14-12-11-13-18(19)16-17-20(22)23(26)27/h11-14,16-17H,2-10,15H2,1H3,(H,24,25)(H,26,27). The SMILES string of the molecule is CCCCCCCCCCCC(=O)Nc1c(C(=O)O)ccc2ccccc12. The first kappa shape index (κ1) is 20.9. The van der Waals surface area contributed by atoms with Crippen LogP contribution >= 0.6 is 0 Å². The Balaban J connectivity index is 1.82. The molecule has 0 spiro atoms. The lowest BCUT2D eigenvalue weighted by atomic mass is 10.0. The molecule has 146 valence electrons. The van der Waals surface area contributed by atoms with Crippen molar-refractivity contribution in [3.8, 4) is 0 Å². The Morgan fingerprint density at radius 1 is 0.852 bits per heavy atom. The summed E-state index contributed by atoms with van der Waals surface area (Å²) >= 11 is 0. The smallest absolute Gasteiger partial charge is 0.337 e. The first-order chi connectivity index (χ1) is 13.1. The molecular formula is C23H31NO3. The van der Waals surface area contributed by atoms with E-state index in [4.69, 9.17) is 0 Å². The highest BCUT2D eigenvalue weighted by Crippen LogP contribution is 2.28. The Morgan fingerprint density at radius 2 is 1.48 bits per heavy atom. The molecule has 4 heteroatoms. The van der Waals surface area contributed by atoms with Gasteiger partial charge in [0.2, 0.25) is 5.91 Å². The maximum absolute atomic E-state index is 12.3. The fourth-order valence-corrected chi connectivity index (χ4v) is 3.38. The predicted molar refractivity (Wildman–Crippen MR) is 111 cm³/mol. The van der Waals surface area contributed by atoms with Gasteiger partial charge in [-0.3, -0.25) is 4.79 Å². The fraction of sp³-hybridized carbons (Fsp3) is 0.478. The van der Waals surface area contributed by atoms with Gasteiger partial charge in [-0.2, -0.15) is 0 Å². The van der Waals surface area contributed by atoms with Gasteiger partial charge in [0.15, 0.2) is 0 Å². The Hall–Kier alpha value is -2.36. The molecule has 1 amide bonds. The third-order valence-electron chi connectivity index (χ3n) is 4.93. The average molecular weight is 370 g/mol. The molecule has 27 heavy (non-hydrogen) atoms. The Bertz CT molecular complexity index is 754. The highest BCUT2D eigenvalue weighted by Gasteiger charge is 2.15. The summed E-state index contributed by atoms with van der Waals surface area (Å²) < 4.78 is 0. The van der Waals surface area contributed by atoms with Crippen molar-refractivity contribution in [2.45, 2.75) is 71.1 Å². The van der Waals surface area contributed by atoms with E-state index in [2.05, 4.69) is 12.2 Å². The summed E-state index contributed by atoms with van der Waals surface area (Å²) in [7, 11) is 0. The minimum absolute atomic E-state index is 0.114. The number of carboxylic acid groups (broad SMARTS) is 1. The van der Waals surface area contributed by atoms with Gasteiger partial charge in [-0.15, -0.1) is 0 Å². The lowest BCUT2D eigenvalue weighted by Crippen LogP contribution is -2.14. The van der Waals surface area contributed by atoms with Crippen LogP contribution in [0.1, 0.15) is 81.5 Å². The predicted octanol–water partition coefficient (Wildman–Crippen LogP) is 6.40. The first-order valence-corrected chi connectivity index (χ1v) is 10.2. The molecule has 2 rings (SSSR count). The Kier molecular flexibility index (Phi) is 8.82. The zero-order valence-corrected chi connectivity index (χ0v) is 16.3. The van der Waals surface area contributed by atoms with Gasteiger partial charge >= 0.3 is 5.97 Å². The summed E-state index contributed by atoms with van der Waals surface area (Å²) in [5, 5.41) is 14.0. The molecule has 0 saturated heterocycles. The Labute approximate surface area is 162 Å². The number of amides is 1. The summed E-state index contributed by atoms with van der Waals surface area (Å²) in [5.74, 6) is -1.14. The molecule has 0 aliphatic carbocycles. The van der Waals surface area contributed by atoms with E-state index in [0.29, 0.717) is 12.1 Å². The number of fused-ring (bicyclic) bond motifs is 1. The molecule has 0 saturated carbocycles. The molecule has 0 unspecified atom stereocenters. The van der Waals surface area contributed by atoms with Gasteiger partial charge in [0.05, 0.1) is 11.3 Å². The van der Waals surface area contributed by atoms with Crippen molar-refractivity contribution in [3.63, 3.8) is 0 Å². The second-order valence-corrected chi connectivity index (χ2v) is 7.14. The lowest BCUT2D eigenvalue weighted by molar-refractivity contribution is -0.116. The molecule has 0 aromatic heterocycles. The van der Waals surface area contributed by atoms with Crippen LogP contribution < -0.4 is 5.32 Å².